The Morgan fingerprint density at radius 1 is 1.04 bits per heavy atom. The van der Waals surface area contributed by atoms with Crippen LogP contribution in [0.25, 0.3) is 22.5 Å². The zero-order chi connectivity index (χ0) is 19.3. The lowest BCUT2D eigenvalue weighted by molar-refractivity contribution is -0.111. The number of ether oxygens (including phenoxy) is 1. The molecule has 3 aromatic carbocycles. The van der Waals surface area contributed by atoms with Gasteiger partial charge in [0, 0.05) is 11.8 Å². The summed E-state index contributed by atoms with van der Waals surface area (Å²) in [4.78, 5) is 12.2. The van der Waals surface area contributed by atoms with E-state index in [-0.39, 0.29) is 5.91 Å². The molecule has 1 amide bonds. The van der Waals surface area contributed by atoms with Crippen molar-refractivity contribution in [3.05, 3.63) is 78.6 Å². The first kappa shape index (κ1) is 17.4. The lowest BCUT2D eigenvalue weighted by Gasteiger charge is -2.05. The van der Waals surface area contributed by atoms with Gasteiger partial charge in [0.25, 0.3) is 0 Å². The smallest absolute Gasteiger partial charge is 0.248 e. The first-order valence-corrected chi connectivity index (χ1v) is 8.61. The highest BCUT2D eigenvalue weighted by Crippen LogP contribution is 2.22. The summed E-state index contributed by atoms with van der Waals surface area (Å²) in [7, 11) is 1.65. The summed E-state index contributed by atoms with van der Waals surface area (Å²) >= 11 is 0. The molecule has 7 nitrogen and oxygen atoms in total. The molecule has 0 aliphatic rings. The van der Waals surface area contributed by atoms with E-state index >= 15 is 0 Å². The Kier molecular flexibility index (Phi) is 4.79. The van der Waals surface area contributed by atoms with Crippen molar-refractivity contribution >= 4 is 28.4 Å². The molecule has 4 rings (SSSR count). The van der Waals surface area contributed by atoms with Crippen molar-refractivity contribution in [2.24, 2.45) is 0 Å². The fraction of sp³-hybridized carbons (Fsp3) is 0.0476. The van der Waals surface area contributed by atoms with Crippen molar-refractivity contribution in [3.8, 4) is 11.4 Å². The van der Waals surface area contributed by atoms with Crippen molar-refractivity contribution < 1.29 is 9.53 Å². The maximum atomic E-state index is 12.2. The van der Waals surface area contributed by atoms with E-state index in [1.54, 1.807) is 30.0 Å². The SMILES string of the molecule is COc1ccc2cc(C=CC(=O)Nc3ccc(-n4cnnn4)cc3)ccc2c1. The molecule has 0 saturated heterocycles. The lowest BCUT2D eigenvalue weighted by atomic mass is 10.1. The molecule has 0 spiro atoms. The van der Waals surface area contributed by atoms with Gasteiger partial charge in [-0.2, -0.15) is 0 Å². The topological polar surface area (TPSA) is 81.9 Å². The normalized spacial score (nSPS) is 11.0. The zero-order valence-electron chi connectivity index (χ0n) is 15.1. The van der Waals surface area contributed by atoms with Gasteiger partial charge in [0.2, 0.25) is 5.91 Å². The molecule has 138 valence electrons. The van der Waals surface area contributed by atoms with E-state index in [4.69, 9.17) is 4.74 Å². The van der Waals surface area contributed by atoms with Gasteiger partial charge >= 0.3 is 0 Å². The Morgan fingerprint density at radius 2 is 1.82 bits per heavy atom. The summed E-state index contributed by atoms with van der Waals surface area (Å²) in [5.74, 6) is 0.617. The third-order valence-electron chi connectivity index (χ3n) is 4.25. The molecular weight excluding hydrogens is 354 g/mol. The van der Waals surface area contributed by atoms with Crippen LogP contribution in [0.15, 0.2) is 73.1 Å². The summed E-state index contributed by atoms with van der Waals surface area (Å²) in [6.07, 6.45) is 4.81. The predicted molar refractivity (Wildman–Crippen MR) is 107 cm³/mol. The molecule has 28 heavy (non-hydrogen) atoms. The Hall–Kier alpha value is -4.00. The average Bonchev–Trinajstić information content (AvgIpc) is 3.27. The predicted octanol–water partition coefficient (Wildman–Crippen LogP) is 3.48. The minimum Gasteiger partial charge on any atom is -0.497 e. The van der Waals surface area contributed by atoms with E-state index < -0.39 is 0 Å². The lowest BCUT2D eigenvalue weighted by Crippen LogP contribution is -2.07. The van der Waals surface area contributed by atoms with Crippen molar-refractivity contribution in [2.45, 2.75) is 0 Å². The van der Waals surface area contributed by atoms with Crippen LogP contribution in [-0.4, -0.2) is 33.2 Å². The molecule has 0 aliphatic heterocycles. The number of nitrogens with one attached hydrogen (secondary N) is 1. The third-order valence-corrected chi connectivity index (χ3v) is 4.25. The van der Waals surface area contributed by atoms with E-state index in [1.807, 2.05) is 48.5 Å². The van der Waals surface area contributed by atoms with Gasteiger partial charge in [-0.25, -0.2) is 4.68 Å². The minimum absolute atomic E-state index is 0.204. The van der Waals surface area contributed by atoms with E-state index in [1.165, 1.54) is 12.4 Å². The number of fused-ring (bicyclic) bond motifs is 1. The van der Waals surface area contributed by atoms with Crippen LogP contribution >= 0.6 is 0 Å². The van der Waals surface area contributed by atoms with Crippen LogP contribution in [0, 0.1) is 0 Å². The average molecular weight is 371 g/mol. The Labute approximate surface area is 161 Å². The second-order valence-corrected chi connectivity index (χ2v) is 6.10. The maximum absolute atomic E-state index is 12.2. The number of hydrogen-bond acceptors (Lipinski definition) is 5. The number of carbonyl (C=O) groups is 1. The molecule has 0 atom stereocenters. The van der Waals surface area contributed by atoms with Gasteiger partial charge in [0.1, 0.15) is 12.1 Å². The Morgan fingerprint density at radius 3 is 2.57 bits per heavy atom. The van der Waals surface area contributed by atoms with Crippen molar-refractivity contribution in [2.75, 3.05) is 12.4 Å². The van der Waals surface area contributed by atoms with Crippen LogP contribution in [0.4, 0.5) is 5.69 Å². The van der Waals surface area contributed by atoms with Gasteiger partial charge in [-0.3, -0.25) is 4.79 Å². The second kappa shape index (κ2) is 7.71. The van der Waals surface area contributed by atoms with Crippen molar-refractivity contribution in [1.82, 2.24) is 20.2 Å². The first-order chi connectivity index (χ1) is 13.7. The van der Waals surface area contributed by atoms with E-state index in [9.17, 15) is 4.79 Å². The zero-order valence-corrected chi connectivity index (χ0v) is 15.1. The minimum atomic E-state index is -0.204. The number of benzene rings is 3. The molecule has 0 saturated carbocycles. The highest BCUT2D eigenvalue weighted by atomic mass is 16.5. The highest BCUT2D eigenvalue weighted by Gasteiger charge is 2.02. The maximum Gasteiger partial charge on any atom is 0.248 e. The van der Waals surface area contributed by atoms with E-state index in [2.05, 4.69) is 20.8 Å². The fourth-order valence-corrected chi connectivity index (χ4v) is 2.81. The number of carbonyl (C=O) groups excluding carboxylic acids is 1. The van der Waals surface area contributed by atoms with Crippen LogP contribution < -0.4 is 10.1 Å². The molecule has 1 aromatic heterocycles. The number of aromatic nitrogens is 4. The number of rotatable bonds is 5. The second-order valence-electron chi connectivity index (χ2n) is 6.10. The highest BCUT2D eigenvalue weighted by molar-refractivity contribution is 6.02. The van der Waals surface area contributed by atoms with Crippen LogP contribution in [0.3, 0.4) is 0 Å². The summed E-state index contributed by atoms with van der Waals surface area (Å²) in [6.45, 7) is 0. The number of hydrogen-bond donors (Lipinski definition) is 1. The summed E-state index contributed by atoms with van der Waals surface area (Å²) in [5, 5.41) is 16.0. The first-order valence-electron chi connectivity index (χ1n) is 8.61. The van der Waals surface area contributed by atoms with Crippen molar-refractivity contribution in [1.29, 1.82) is 0 Å². The van der Waals surface area contributed by atoms with Gasteiger partial charge in [-0.15, -0.1) is 5.10 Å². The van der Waals surface area contributed by atoms with Gasteiger partial charge in [0.05, 0.1) is 12.8 Å². The summed E-state index contributed by atoms with van der Waals surface area (Å²) in [5.41, 5.74) is 2.45. The monoisotopic (exact) mass is 371 g/mol. The molecule has 0 radical (unpaired) electrons. The third kappa shape index (κ3) is 3.88. The summed E-state index contributed by atoms with van der Waals surface area (Å²) in [6, 6.07) is 19.1. The molecular formula is C21H17N5O2. The molecule has 7 heteroatoms. The number of amides is 1. The molecule has 0 fully saturated rings. The van der Waals surface area contributed by atoms with Crippen LogP contribution in [0.2, 0.25) is 0 Å². The van der Waals surface area contributed by atoms with Gasteiger partial charge < -0.3 is 10.1 Å². The Balaban J connectivity index is 1.43. The van der Waals surface area contributed by atoms with Crippen LogP contribution in [0.5, 0.6) is 5.75 Å². The van der Waals surface area contributed by atoms with Crippen molar-refractivity contribution in [3.63, 3.8) is 0 Å². The summed E-state index contributed by atoms with van der Waals surface area (Å²) < 4.78 is 6.78. The van der Waals surface area contributed by atoms with E-state index in [0.717, 1.165) is 27.8 Å². The van der Waals surface area contributed by atoms with Crippen LogP contribution in [-0.2, 0) is 4.79 Å². The largest absolute Gasteiger partial charge is 0.497 e. The standard InChI is InChI=1S/C21H17N5O2/c1-28-20-10-5-16-12-15(2-4-17(16)13-20)3-11-21(27)23-18-6-8-19(9-7-18)26-14-22-24-25-26/h2-14H,1H3,(H,23,27). The Bertz CT molecular complexity index is 1140. The van der Waals surface area contributed by atoms with Gasteiger partial charge in [-0.1, -0.05) is 18.2 Å². The van der Waals surface area contributed by atoms with E-state index in [0.29, 0.717) is 5.69 Å². The quantitative estimate of drug-likeness (QED) is 0.543. The number of methoxy groups -OCH3 is 1. The van der Waals surface area contributed by atoms with Crippen LogP contribution in [0.1, 0.15) is 5.56 Å². The molecule has 4 aromatic rings. The van der Waals surface area contributed by atoms with Gasteiger partial charge in [0.15, 0.2) is 0 Å². The number of anilines is 1. The number of tetrazole rings is 1. The molecule has 0 unspecified atom stereocenters. The molecule has 1 heterocycles. The fourth-order valence-electron chi connectivity index (χ4n) is 2.81. The molecule has 1 N–H and O–H groups in total. The molecule has 0 aliphatic carbocycles. The number of nitrogens with zero attached hydrogens (tertiary/aromatic N) is 4. The molecule has 0 bridgehead atoms. The van der Waals surface area contributed by atoms with Gasteiger partial charge in [-0.05, 0) is 75.3 Å².